The highest BCUT2D eigenvalue weighted by Crippen LogP contribution is 2.29. The predicted octanol–water partition coefficient (Wildman–Crippen LogP) is 6.12. The lowest BCUT2D eigenvalue weighted by Gasteiger charge is -2.29. The number of allylic oxidation sites excluding steroid dienone is 7. The van der Waals surface area contributed by atoms with Gasteiger partial charge in [-0.3, -0.25) is 10.3 Å². The smallest absolute Gasteiger partial charge is 0.231 e. The molecule has 2 aliphatic heterocycles. The number of nitrogens with zero attached hydrogens (tertiary/aromatic N) is 2. The maximum absolute atomic E-state index is 14.9. The van der Waals surface area contributed by atoms with Gasteiger partial charge < -0.3 is 20.1 Å². The maximum Gasteiger partial charge on any atom is 0.231 e. The normalized spacial score (nSPS) is 20.2. The van der Waals surface area contributed by atoms with Crippen molar-refractivity contribution in [2.45, 2.75) is 47.6 Å². The van der Waals surface area contributed by atoms with Crippen molar-refractivity contribution < 1.29 is 23.7 Å². The first-order chi connectivity index (χ1) is 23.2. The Bertz CT molecular complexity index is 1670. The molecule has 48 heavy (non-hydrogen) atoms. The standard InChI is InChI=1S/C39H47F2N5O2/c1-6-28-19-37(39(42)31-10-8-9-11-36(31)43-23-32-33(40)21-30(48-7-2)22-34(32)41)45-38(20-29(28)24-46-14-16-47-17-15-46)44-35-13-12-25(3)26(4)18-27(35)5/h8-13,18-22,26,28,42-43H,6-7,14-17,23-24H2,1-5H3,(H,44,45)/p+1. The predicted molar refractivity (Wildman–Crippen MR) is 190 cm³/mol. The largest absolute Gasteiger partial charge is 0.494 e. The molecule has 0 spiro atoms. The van der Waals surface area contributed by atoms with Crippen molar-refractivity contribution in [2.75, 3.05) is 44.8 Å². The van der Waals surface area contributed by atoms with E-state index in [9.17, 15) is 8.78 Å². The average molecular weight is 657 g/mol. The van der Waals surface area contributed by atoms with E-state index in [1.54, 1.807) is 6.92 Å². The minimum Gasteiger partial charge on any atom is -0.494 e. The van der Waals surface area contributed by atoms with Crippen LogP contribution >= 0.6 is 0 Å². The van der Waals surface area contributed by atoms with E-state index in [1.165, 1.54) is 23.3 Å². The number of hydrogen-bond donors (Lipinski definition) is 3. The summed E-state index contributed by atoms with van der Waals surface area (Å²) in [7, 11) is 0. The SMILES string of the molecule is CCOc1cc(F)c(CNc2ccccc2C(=[NH2+])C2=CC(CC)C(CN3CCOCC3)=CC(NC3=CC=C(C)C(C)C=C3C)=N2)c(F)c1. The molecule has 1 saturated heterocycles. The zero-order valence-electron chi connectivity index (χ0n) is 28.7. The van der Waals surface area contributed by atoms with Crippen LogP contribution < -0.4 is 20.8 Å². The molecular formula is C39H48F2N5O2+. The number of rotatable bonds is 11. The van der Waals surface area contributed by atoms with Crippen LogP contribution in [0.25, 0.3) is 0 Å². The minimum atomic E-state index is -0.673. The van der Waals surface area contributed by atoms with Gasteiger partial charge in [-0.15, -0.1) is 0 Å². The minimum absolute atomic E-state index is 0.0720. The Morgan fingerprint density at radius 2 is 1.79 bits per heavy atom. The summed E-state index contributed by atoms with van der Waals surface area (Å²) in [6.07, 6.45) is 11.7. The van der Waals surface area contributed by atoms with E-state index in [2.05, 4.69) is 73.6 Å². The first kappa shape index (κ1) is 35.0. The number of halogens is 2. The molecule has 4 N–H and O–H groups in total. The highest BCUT2D eigenvalue weighted by molar-refractivity contribution is 6.14. The summed E-state index contributed by atoms with van der Waals surface area (Å²) in [5, 5.41) is 13.8. The molecule has 2 aromatic rings. The quantitative estimate of drug-likeness (QED) is 0.254. The number of amidine groups is 1. The Morgan fingerprint density at radius 3 is 2.50 bits per heavy atom. The van der Waals surface area contributed by atoms with E-state index in [0.717, 1.165) is 50.5 Å². The molecule has 2 atom stereocenters. The van der Waals surface area contributed by atoms with E-state index in [4.69, 9.17) is 19.9 Å². The van der Waals surface area contributed by atoms with Gasteiger partial charge in [0.15, 0.2) is 0 Å². The first-order valence-corrected chi connectivity index (χ1v) is 16.9. The molecule has 5 rings (SSSR count). The number of para-hydroxylation sites is 1. The number of hydrogen-bond acceptors (Lipinski definition) is 6. The van der Waals surface area contributed by atoms with Crippen LogP contribution in [0.15, 0.2) is 99.9 Å². The number of nitrogens with two attached hydrogens (primary N) is 1. The molecular weight excluding hydrogens is 608 g/mol. The third kappa shape index (κ3) is 8.57. The molecule has 1 aliphatic carbocycles. The lowest BCUT2D eigenvalue weighted by atomic mass is 9.93. The summed E-state index contributed by atoms with van der Waals surface area (Å²) in [4.78, 5) is 7.56. The van der Waals surface area contributed by atoms with Crippen molar-refractivity contribution in [3.05, 3.63) is 118 Å². The van der Waals surface area contributed by atoms with Crippen molar-refractivity contribution >= 4 is 17.2 Å². The number of nitrogens with one attached hydrogen (secondary N) is 2. The van der Waals surface area contributed by atoms with Gasteiger partial charge in [-0.2, -0.15) is 0 Å². The number of aliphatic imine (C=N–C) groups is 1. The second-order valence-electron chi connectivity index (χ2n) is 12.5. The number of ether oxygens (including phenoxy) is 2. The molecule has 0 amide bonds. The number of anilines is 1. The van der Waals surface area contributed by atoms with Crippen LogP contribution in [0.2, 0.25) is 0 Å². The van der Waals surface area contributed by atoms with Crippen molar-refractivity contribution in [3.63, 3.8) is 0 Å². The fraction of sp³-hybridized carbons (Fsp3) is 0.385. The van der Waals surface area contributed by atoms with Gasteiger partial charge in [-0.25, -0.2) is 13.8 Å². The molecule has 2 heterocycles. The maximum atomic E-state index is 14.9. The fourth-order valence-electron chi connectivity index (χ4n) is 6.12. The lowest BCUT2D eigenvalue weighted by molar-refractivity contribution is -0.111. The van der Waals surface area contributed by atoms with Gasteiger partial charge in [0.25, 0.3) is 0 Å². The van der Waals surface area contributed by atoms with Gasteiger partial charge in [0.1, 0.15) is 28.9 Å². The van der Waals surface area contributed by atoms with Crippen LogP contribution in [-0.2, 0) is 11.3 Å². The van der Waals surface area contributed by atoms with Crippen molar-refractivity contribution in [3.8, 4) is 5.75 Å². The number of benzene rings is 2. The molecule has 0 bridgehead atoms. The van der Waals surface area contributed by atoms with E-state index < -0.39 is 11.6 Å². The molecule has 0 radical (unpaired) electrons. The third-order valence-corrected chi connectivity index (χ3v) is 9.14. The second-order valence-corrected chi connectivity index (χ2v) is 12.5. The van der Waals surface area contributed by atoms with Crippen LogP contribution in [-0.4, -0.2) is 55.9 Å². The topological polar surface area (TPSA) is 83.7 Å². The van der Waals surface area contributed by atoms with E-state index >= 15 is 0 Å². The number of morpholine rings is 1. The zero-order chi connectivity index (χ0) is 34.2. The summed E-state index contributed by atoms with van der Waals surface area (Å²) in [6.45, 7) is 14.6. The molecule has 1 fully saturated rings. The monoisotopic (exact) mass is 656 g/mol. The summed E-state index contributed by atoms with van der Waals surface area (Å²) in [6, 6.07) is 9.93. The molecule has 2 aromatic carbocycles. The summed E-state index contributed by atoms with van der Waals surface area (Å²) >= 11 is 0. The molecule has 7 nitrogen and oxygen atoms in total. The lowest BCUT2D eigenvalue weighted by Crippen LogP contribution is -2.42. The Labute approximate surface area is 283 Å². The van der Waals surface area contributed by atoms with Crippen LogP contribution in [0, 0.1) is 23.5 Å². The second kappa shape index (κ2) is 16.2. The first-order valence-electron chi connectivity index (χ1n) is 16.9. The van der Waals surface area contributed by atoms with E-state index in [1.807, 2.05) is 24.3 Å². The van der Waals surface area contributed by atoms with Crippen LogP contribution in [0.1, 0.15) is 52.2 Å². The van der Waals surface area contributed by atoms with E-state index in [-0.39, 0.29) is 23.8 Å². The van der Waals surface area contributed by atoms with Crippen LogP contribution in [0.5, 0.6) is 5.75 Å². The molecule has 254 valence electrons. The highest BCUT2D eigenvalue weighted by atomic mass is 19.1. The Hall–Kier alpha value is -4.34. The summed E-state index contributed by atoms with van der Waals surface area (Å²) in [5.74, 6) is -0.0521. The van der Waals surface area contributed by atoms with Crippen molar-refractivity contribution in [1.29, 1.82) is 0 Å². The van der Waals surface area contributed by atoms with Gasteiger partial charge in [0.05, 0.1) is 25.4 Å². The highest BCUT2D eigenvalue weighted by Gasteiger charge is 2.26. The molecule has 0 saturated carbocycles. The molecule has 0 aromatic heterocycles. The van der Waals surface area contributed by atoms with Gasteiger partial charge in [0.2, 0.25) is 5.71 Å². The fourth-order valence-corrected chi connectivity index (χ4v) is 6.12. The van der Waals surface area contributed by atoms with Gasteiger partial charge in [-0.05, 0) is 74.6 Å². The molecule has 2 unspecified atom stereocenters. The Kier molecular flexibility index (Phi) is 11.8. The molecule has 9 heteroatoms. The van der Waals surface area contributed by atoms with Gasteiger partial charge in [0, 0.05) is 61.2 Å². The van der Waals surface area contributed by atoms with Crippen molar-refractivity contribution in [2.24, 2.45) is 16.8 Å². The molecule has 3 aliphatic rings. The summed E-state index contributed by atoms with van der Waals surface area (Å²) in [5.41, 5.74) is 7.03. The third-order valence-electron chi connectivity index (χ3n) is 9.14. The van der Waals surface area contributed by atoms with Crippen LogP contribution in [0.4, 0.5) is 14.5 Å². The van der Waals surface area contributed by atoms with Gasteiger partial charge in [-0.1, -0.05) is 43.7 Å². The Morgan fingerprint density at radius 1 is 1.06 bits per heavy atom. The zero-order valence-corrected chi connectivity index (χ0v) is 28.7. The van der Waals surface area contributed by atoms with Gasteiger partial charge >= 0.3 is 0 Å². The van der Waals surface area contributed by atoms with E-state index in [0.29, 0.717) is 41.0 Å². The van der Waals surface area contributed by atoms with Crippen LogP contribution in [0.3, 0.4) is 0 Å². The summed E-state index contributed by atoms with van der Waals surface area (Å²) < 4.78 is 40.7. The van der Waals surface area contributed by atoms with Crippen molar-refractivity contribution in [1.82, 2.24) is 10.2 Å². The Balaban J connectivity index is 1.47. The average Bonchev–Trinajstić information content (AvgIpc) is 3.31.